The van der Waals surface area contributed by atoms with Crippen molar-refractivity contribution < 1.29 is 33.6 Å². The second-order valence-corrected chi connectivity index (χ2v) is 12.0. The van der Waals surface area contributed by atoms with Crippen molar-refractivity contribution in [3.8, 4) is 22.8 Å². The first-order valence-electron chi connectivity index (χ1n) is 16.2. The number of carbonyl (C=O) groups excluding carboxylic acids is 2. The van der Waals surface area contributed by atoms with Crippen LogP contribution in [0.15, 0.2) is 54.9 Å². The van der Waals surface area contributed by atoms with Crippen LogP contribution >= 0.6 is 24.8 Å². The molecular weight excluding hydrogens is 659 g/mol. The summed E-state index contributed by atoms with van der Waals surface area (Å²) in [5.74, 6) is 0.664. The summed E-state index contributed by atoms with van der Waals surface area (Å²) in [4.78, 5) is 32.8. The standard InChI is InChI=1S/C35H46N4O7.2ClH/c1-4-45-31(40)21-25-13-14-28(29(20-25)44-3)46-19-15-27-22-36-17-18-38(27)34(41)32-33(26-10-6-5-7-11-26)39(24-37-32)30-12-8-9-16-35(30,42)23-43-2;;/h5-7,10-11,13-14,20,24,27,30,36,42H,4,8-9,12,15-19,21-23H2,1-3H3;2*1H/t27-,30-,35-;;/m1../s1. The van der Waals surface area contributed by atoms with E-state index in [9.17, 15) is 14.7 Å². The molecule has 0 unspecified atom stereocenters. The summed E-state index contributed by atoms with van der Waals surface area (Å²) in [5.41, 5.74) is 1.70. The first-order chi connectivity index (χ1) is 22.4. The minimum atomic E-state index is -1.05. The van der Waals surface area contributed by atoms with Crippen LogP contribution in [0.2, 0.25) is 0 Å². The Morgan fingerprint density at radius 3 is 2.60 bits per heavy atom. The van der Waals surface area contributed by atoms with Crippen LogP contribution in [0.25, 0.3) is 11.3 Å². The zero-order valence-corrected chi connectivity index (χ0v) is 29.5. The zero-order valence-electron chi connectivity index (χ0n) is 27.9. The Morgan fingerprint density at radius 2 is 1.88 bits per heavy atom. The van der Waals surface area contributed by atoms with Crippen molar-refractivity contribution in [2.75, 3.05) is 53.7 Å². The molecule has 3 aromatic rings. The molecule has 0 spiro atoms. The largest absolute Gasteiger partial charge is 0.493 e. The van der Waals surface area contributed by atoms with Crippen LogP contribution < -0.4 is 14.8 Å². The highest BCUT2D eigenvalue weighted by Crippen LogP contribution is 2.41. The van der Waals surface area contributed by atoms with E-state index in [4.69, 9.17) is 23.9 Å². The molecule has 5 rings (SSSR count). The van der Waals surface area contributed by atoms with E-state index in [1.807, 2.05) is 45.9 Å². The number of amides is 1. The molecule has 11 nitrogen and oxygen atoms in total. The van der Waals surface area contributed by atoms with Crippen LogP contribution in [0.4, 0.5) is 0 Å². The Bertz CT molecular complexity index is 1470. The third-order valence-electron chi connectivity index (χ3n) is 8.93. The van der Waals surface area contributed by atoms with Gasteiger partial charge in [-0.3, -0.25) is 9.59 Å². The zero-order chi connectivity index (χ0) is 32.5. The first-order valence-corrected chi connectivity index (χ1v) is 16.2. The van der Waals surface area contributed by atoms with Crippen molar-refractivity contribution in [1.29, 1.82) is 0 Å². The van der Waals surface area contributed by atoms with E-state index in [2.05, 4.69) is 5.32 Å². The number of imidazole rings is 1. The number of methoxy groups -OCH3 is 2. The summed E-state index contributed by atoms with van der Waals surface area (Å²) in [7, 11) is 3.17. The maximum absolute atomic E-state index is 14.3. The fraction of sp³-hybridized carbons (Fsp3) is 0.514. The van der Waals surface area contributed by atoms with Crippen LogP contribution in [-0.2, 0) is 20.7 Å². The number of carbonyl (C=O) groups is 2. The molecule has 0 bridgehead atoms. The molecule has 2 fully saturated rings. The summed E-state index contributed by atoms with van der Waals surface area (Å²) in [6.45, 7) is 4.52. The molecular formula is C35H48Cl2N4O7. The van der Waals surface area contributed by atoms with Gasteiger partial charge in [0.25, 0.3) is 5.91 Å². The van der Waals surface area contributed by atoms with Crippen molar-refractivity contribution in [3.05, 3.63) is 66.1 Å². The lowest BCUT2D eigenvalue weighted by atomic mass is 9.80. The number of aliphatic hydroxyl groups is 1. The van der Waals surface area contributed by atoms with Crippen molar-refractivity contribution in [2.24, 2.45) is 0 Å². The molecule has 13 heteroatoms. The van der Waals surface area contributed by atoms with Gasteiger partial charge in [-0.25, -0.2) is 4.98 Å². The lowest BCUT2D eigenvalue weighted by molar-refractivity contribution is -0.142. The Hall–Kier alpha value is -3.35. The average molecular weight is 708 g/mol. The van der Waals surface area contributed by atoms with E-state index in [1.54, 1.807) is 39.6 Å². The summed E-state index contributed by atoms with van der Waals surface area (Å²) in [6.07, 6.45) is 5.75. The SMILES string of the molecule is CCOC(=O)Cc1ccc(OCC[C@@H]2CNCCN2C(=O)c2ncn([C@@H]3CCCC[C@@]3(O)COC)c2-c2ccccc2)c(OC)c1.Cl.Cl. The van der Waals surface area contributed by atoms with Gasteiger partial charge in [0.1, 0.15) is 5.60 Å². The van der Waals surface area contributed by atoms with Crippen LogP contribution in [-0.4, -0.2) is 96.8 Å². The minimum absolute atomic E-state index is 0. The molecule has 48 heavy (non-hydrogen) atoms. The average Bonchev–Trinajstić information content (AvgIpc) is 3.50. The number of esters is 1. The van der Waals surface area contributed by atoms with Gasteiger partial charge >= 0.3 is 5.97 Å². The number of ether oxygens (including phenoxy) is 4. The molecule has 1 aliphatic carbocycles. The number of halogens is 2. The van der Waals surface area contributed by atoms with Gasteiger partial charge in [0.2, 0.25) is 0 Å². The highest BCUT2D eigenvalue weighted by molar-refractivity contribution is 5.98. The van der Waals surface area contributed by atoms with Crippen molar-refractivity contribution in [3.63, 3.8) is 0 Å². The van der Waals surface area contributed by atoms with Gasteiger partial charge in [0.15, 0.2) is 17.2 Å². The second kappa shape index (κ2) is 18.4. The number of nitrogens with zero attached hydrogens (tertiary/aromatic N) is 3. The monoisotopic (exact) mass is 706 g/mol. The molecule has 2 N–H and O–H groups in total. The number of hydrogen-bond donors (Lipinski definition) is 2. The quantitative estimate of drug-likeness (QED) is 0.239. The minimum Gasteiger partial charge on any atom is -0.493 e. The summed E-state index contributed by atoms with van der Waals surface area (Å²) in [5, 5.41) is 15.1. The van der Waals surface area contributed by atoms with Crippen molar-refractivity contribution in [1.82, 2.24) is 19.8 Å². The molecule has 0 radical (unpaired) electrons. The maximum Gasteiger partial charge on any atom is 0.310 e. The lowest BCUT2D eigenvalue weighted by Crippen LogP contribution is -2.54. The highest BCUT2D eigenvalue weighted by atomic mass is 35.5. The molecule has 2 aromatic carbocycles. The molecule has 1 amide bonds. The van der Waals surface area contributed by atoms with Crippen LogP contribution in [0.1, 0.15) is 61.1 Å². The fourth-order valence-electron chi connectivity index (χ4n) is 6.70. The molecule has 2 heterocycles. The smallest absolute Gasteiger partial charge is 0.310 e. The molecule has 264 valence electrons. The third kappa shape index (κ3) is 9.00. The summed E-state index contributed by atoms with van der Waals surface area (Å²) in [6, 6.07) is 14.8. The lowest BCUT2D eigenvalue weighted by Gasteiger charge is -2.41. The van der Waals surface area contributed by atoms with Crippen LogP contribution in [0, 0.1) is 0 Å². The first kappa shape index (κ1) is 39.1. The number of piperazine rings is 1. The Morgan fingerprint density at radius 1 is 1.08 bits per heavy atom. The van der Waals surface area contributed by atoms with E-state index in [0.29, 0.717) is 68.6 Å². The van der Waals surface area contributed by atoms with Crippen molar-refractivity contribution >= 4 is 36.7 Å². The number of benzene rings is 2. The molecule has 1 aromatic heterocycles. The fourth-order valence-corrected chi connectivity index (χ4v) is 6.70. The molecule has 1 saturated carbocycles. The van der Waals surface area contributed by atoms with Gasteiger partial charge in [-0.15, -0.1) is 24.8 Å². The van der Waals surface area contributed by atoms with Gasteiger partial charge < -0.3 is 38.8 Å². The normalized spacial score (nSPS) is 20.6. The number of rotatable bonds is 13. The third-order valence-corrected chi connectivity index (χ3v) is 8.93. The van der Waals surface area contributed by atoms with E-state index in [0.717, 1.165) is 30.4 Å². The van der Waals surface area contributed by atoms with Gasteiger partial charge in [0.05, 0.1) is 51.4 Å². The number of aromatic nitrogens is 2. The van der Waals surface area contributed by atoms with Crippen LogP contribution in [0.3, 0.4) is 0 Å². The Balaban J connectivity index is 0.00000312. The van der Waals surface area contributed by atoms with Gasteiger partial charge in [0, 0.05) is 44.8 Å². The second-order valence-electron chi connectivity index (χ2n) is 12.0. The Kier molecular flexibility index (Phi) is 15.0. The predicted molar refractivity (Wildman–Crippen MR) is 188 cm³/mol. The highest BCUT2D eigenvalue weighted by Gasteiger charge is 2.42. The van der Waals surface area contributed by atoms with E-state index in [-0.39, 0.29) is 61.8 Å². The number of hydrogen-bond acceptors (Lipinski definition) is 9. The van der Waals surface area contributed by atoms with E-state index in [1.165, 1.54) is 0 Å². The van der Waals surface area contributed by atoms with Gasteiger partial charge in [-0.05, 0) is 37.5 Å². The molecule has 2 aliphatic rings. The van der Waals surface area contributed by atoms with Crippen LogP contribution in [0.5, 0.6) is 11.5 Å². The molecule has 1 aliphatic heterocycles. The number of nitrogens with one attached hydrogen (secondary N) is 1. The van der Waals surface area contributed by atoms with E-state index >= 15 is 0 Å². The Labute approximate surface area is 295 Å². The maximum atomic E-state index is 14.3. The molecule has 3 atom stereocenters. The van der Waals surface area contributed by atoms with Gasteiger partial charge in [-0.2, -0.15) is 0 Å². The van der Waals surface area contributed by atoms with Gasteiger partial charge in [-0.1, -0.05) is 49.2 Å². The summed E-state index contributed by atoms with van der Waals surface area (Å²) < 4.78 is 24.2. The van der Waals surface area contributed by atoms with Crippen molar-refractivity contribution in [2.45, 2.75) is 63.1 Å². The molecule has 1 saturated heterocycles. The predicted octanol–water partition coefficient (Wildman–Crippen LogP) is 4.88. The summed E-state index contributed by atoms with van der Waals surface area (Å²) >= 11 is 0. The topological polar surface area (TPSA) is 124 Å². The van der Waals surface area contributed by atoms with E-state index < -0.39 is 5.60 Å².